The quantitative estimate of drug-likeness (QED) is 0.182. The largest absolute Gasteiger partial charge is 0.479 e. The standard InChI is InChI=1S/C26H28B4FN3O6/c1-9-24-12(2-3-17(36)40-18-6-11(35)5-16(39-18)26(37)38)13-7-14-10(8-32-33-14)4-15(13)34(24)25-20(28)19(27)23(31)21(29)22(25)30-9/h4,7-9,11,16,18,30,35H,2-3,5-6,27-29H2,1H3,(H,32,33)(H,37,38)/t9?,11-,16-,18-/m0/s1. The molecule has 202 valence electrons. The fourth-order valence-electron chi connectivity index (χ4n) is 6.47. The number of esters is 1. The van der Waals surface area contributed by atoms with Gasteiger partial charge in [0.25, 0.3) is 0 Å². The topological polar surface area (TPSA) is 127 Å². The van der Waals surface area contributed by atoms with Gasteiger partial charge < -0.3 is 24.3 Å². The number of carbonyl (C=O) groups is 2. The lowest BCUT2D eigenvalue weighted by Crippen LogP contribution is -2.52. The minimum Gasteiger partial charge on any atom is -0.479 e. The lowest BCUT2D eigenvalue weighted by Gasteiger charge is -2.31. The molecule has 4 heterocycles. The molecule has 6 rings (SSSR count). The third-order valence-electron chi connectivity index (χ3n) is 8.57. The summed E-state index contributed by atoms with van der Waals surface area (Å²) >= 11 is 0. The number of aryl methyl sites for hydroxylation is 1. The zero-order valence-electron chi connectivity index (χ0n) is 22.9. The predicted molar refractivity (Wildman–Crippen MR) is 159 cm³/mol. The van der Waals surface area contributed by atoms with Crippen LogP contribution in [0.25, 0.3) is 27.5 Å². The molecule has 14 heteroatoms. The Kier molecular flexibility index (Phi) is 6.58. The highest BCUT2D eigenvalue weighted by Gasteiger charge is 2.36. The minimum atomic E-state index is -1.22. The van der Waals surface area contributed by atoms with Crippen LogP contribution in [0.15, 0.2) is 18.3 Å². The number of aromatic nitrogens is 3. The van der Waals surface area contributed by atoms with E-state index in [1.807, 2.05) is 29.6 Å². The number of carbonyl (C=O) groups excluding carboxylic acids is 1. The van der Waals surface area contributed by atoms with E-state index >= 15 is 4.39 Å². The number of carboxylic acid groups (broad SMARTS) is 1. The molecule has 2 aliphatic heterocycles. The number of nitrogens with one attached hydrogen (secondary N) is 1. The predicted octanol–water partition coefficient (Wildman–Crippen LogP) is -3.02. The number of aliphatic hydroxyl groups is 1. The van der Waals surface area contributed by atoms with Crippen LogP contribution < -0.4 is 21.9 Å². The van der Waals surface area contributed by atoms with E-state index in [0.717, 1.165) is 49.7 Å². The number of rotatable bonds is 5. The molecule has 4 atom stereocenters. The van der Waals surface area contributed by atoms with E-state index in [9.17, 15) is 19.8 Å². The number of benzene rings is 2. The minimum absolute atomic E-state index is 0.0280. The van der Waals surface area contributed by atoms with Crippen molar-refractivity contribution in [3.05, 3.63) is 35.4 Å². The van der Waals surface area contributed by atoms with Gasteiger partial charge in [-0.25, -0.2) is 9.18 Å². The van der Waals surface area contributed by atoms with Gasteiger partial charge in [-0.05, 0) is 29.9 Å². The second-order valence-corrected chi connectivity index (χ2v) is 11.2. The SMILES string of the molecule is Bc1c(B)c2c(c(B)c1F)BC(C)c1c(CCC(=O)O[C@H]3C[C@@H](O)C[C@@H](C(=O)O)O3)c3cc4[nH]ncc4cc3n1-2. The van der Waals surface area contributed by atoms with E-state index in [4.69, 9.17) is 9.47 Å². The number of H-pyrrole nitrogens is 1. The van der Waals surface area contributed by atoms with Crippen LogP contribution in [-0.4, -0.2) is 86.2 Å². The Bertz CT molecular complexity index is 1710. The normalized spacial score (nSPS) is 22.1. The first kappa shape index (κ1) is 26.7. The number of aliphatic carboxylic acids is 1. The van der Waals surface area contributed by atoms with Gasteiger partial charge in [0, 0.05) is 41.4 Å². The van der Waals surface area contributed by atoms with Crippen molar-refractivity contribution in [2.45, 2.75) is 56.9 Å². The Labute approximate surface area is 232 Å². The number of hydrogen-bond donors (Lipinski definition) is 3. The van der Waals surface area contributed by atoms with Crippen LogP contribution in [0.5, 0.6) is 0 Å². The molecule has 40 heavy (non-hydrogen) atoms. The van der Waals surface area contributed by atoms with Gasteiger partial charge >= 0.3 is 11.9 Å². The number of carboxylic acids is 1. The van der Waals surface area contributed by atoms with E-state index in [-0.39, 0.29) is 30.9 Å². The molecule has 0 aliphatic carbocycles. The van der Waals surface area contributed by atoms with Crippen LogP contribution >= 0.6 is 0 Å². The number of aliphatic hydroxyl groups excluding tert-OH is 1. The van der Waals surface area contributed by atoms with Crippen molar-refractivity contribution in [1.82, 2.24) is 14.8 Å². The number of fused-ring (bicyclic) bond motifs is 6. The molecular weight excluding hydrogens is 513 g/mol. The highest BCUT2D eigenvalue weighted by molar-refractivity contribution is 6.67. The monoisotopic (exact) mass is 541 g/mol. The average Bonchev–Trinajstić information content (AvgIpc) is 3.50. The van der Waals surface area contributed by atoms with Gasteiger partial charge in [-0.3, -0.25) is 9.89 Å². The smallest absolute Gasteiger partial charge is 0.333 e. The van der Waals surface area contributed by atoms with Crippen LogP contribution in [0.2, 0.25) is 0 Å². The Morgan fingerprint density at radius 1 is 1.25 bits per heavy atom. The van der Waals surface area contributed by atoms with Crippen molar-refractivity contribution in [3.8, 4) is 5.69 Å². The van der Waals surface area contributed by atoms with Crippen molar-refractivity contribution in [3.63, 3.8) is 0 Å². The third-order valence-corrected chi connectivity index (χ3v) is 8.57. The Morgan fingerprint density at radius 2 is 2.02 bits per heavy atom. The van der Waals surface area contributed by atoms with Crippen molar-refractivity contribution < 1.29 is 33.7 Å². The van der Waals surface area contributed by atoms with Crippen molar-refractivity contribution in [2.75, 3.05) is 0 Å². The first-order valence-electron chi connectivity index (χ1n) is 13.6. The molecule has 4 aromatic rings. The van der Waals surface area contributed by atoms with Crippen LogP contribution in [0.3, 0.4) is 0 Å². The molecule has 0 amide bonds. The van der Waals surface area contributed by atoms with E-state index in [1.54, 1.807) is 6.20 Å². The van der Waals surface area contributed by atoms with Gasteiger partial charge in [0.1, 0.15) is 29.4 Å². The zero-order chi connectivity index (χ0) is 28.5. The Morgan fingerprint density at radius 3 is 2.77 bits per heavy atom. The Balaban J connectivity index is 1.40. The molecular formula is C26H28B4FN3O6. The number of nitrogens with zero attached hydrogens (tertiary/aromatic N) is 2. The second kappa shape index (κ2) is 9.85. The van der Waals surface area contributed by atoms with E-state index in [2.05, 4.69) is 27.8 Å². The Hall–Kier alpha value is -3.50. The van der Waals surface area contributed by atoms with Crippen LogP contribution in [-0.2, 0) is 25.5 Å². The van der Waals surface area contributed by atoms with Gasteiger partial charge in [-0.2, -0.15) is 5.10 Å². The van der Waals surface area contributed by atoms with E-state index in [0.29, 0.717) is 24.6 Å². The first-order chi connectivity index (χ1) is 19.0. The molecule has 2 aliphatic rings. The molecule has 1 fully saturated rings. The zero-order valence-corrected chi connectivity index (χ0v) is 22.9. The summed E-state index contributed by atoms with van der Waals surface area (Å²) in [5.74, 6) is -1.83. The molecule has 0 radical (unpaired) electrons. The summed E-state index contributed by atoms with van der Waals surface area (Å²) in [7, 11) is 6.29. The highest BCUT2D eigenvalue weighted by Crippen LogP contribution is 2.38. The molecule has 9 nitrogen and oxygen atoms in total. The number of hydrogen-bond acceptors (Lipinski definition) is 6. The average molecular weight is 541 g/mol. The van der Waals surface area contributed by atoms with Crippen molar-refractivity contribution >= 4 is 86.4 Å². The fraction of sp³-hybridized carbons (Fsp3) is 0.346. The van der Waals surface area contributed by atoms with Gasteiger partial charge in [-0.15, -0.1) is 0 Å². The molecule has 2 aromatic heterocycles. The van der Waals surface area contributed by atoms with Gasteiger partial charge in [0.2, 0.25) is 6.29 Å². The van der Waals surface area contributed by atoms with E-state index < -0.39 is 30.4 Å². The second-order valence-electron chi connectivity index (χ2n) is 11.2. The molecule has 1 saturated heterocycles. The lowest BCUT2D eigenvalue weighted by molar-refractivity contribution is -0.222. The van der Waals surface area contributed by atoms with Crippen LogP contribution in [0.1, 0.15) is 43.3 Å². The summed E-state index contributed by atoms with van der Waals surface area (Å²) < 4.78 is 28.2. The van der Waals surface area contributed by atoms with E-state index in [1.165, 1.54) is 0 Å². The summed E-state index contributed by atoms with van der Waals surface area (Å²) in [5.41, 5.74) is 8.11. The lowest BCUT2D eigenvalue weighted by atomic mass is 9.51. The summed E-state index contributed by atoms with van der Waals surface area (Å²) in [6, 6.07) is 4.13. The molecule has 0 saturated carbocycles. The number of ether oxygens (including phenoxy) is 2. The van der Waals surface area contributed by atoms with Gasteiger partial charge in [0.15, 0.2) is 13.4 Å². The summed E-state index contributed by atoms with van der Waals surface area (Å²) in [5, 5.41) is 28.5. The third kappa shape index (κ3) is 4.25. The van der Waals surface area contributed by atoms with Gasteiger partial charge in [0.05, 0.1) is 23.3 Å². The summed E-state index contributed by atoms with van der Waals surface area (Å²) in [6.45, 7) is 2.12. The summed E-state index contributed by atoms with van der Waals surface area (Å²) in [6.07, 6.45) is -1.08. The molecule has 0 bridgehead atoms. The maximum Gasteiger partial charge on any atom is 0.333 e. The maximum atomic E-state index is 15.1. The molecule has 3 N–H and O–H groups in total. The maximum absolute atomic E-state index is 15.1. The van der Waals surface area contributed by atoms with Crippen LogP contribution in [0.4, 0.5) is 4.39 Å². The number of halogens is 1. The highest BCUT2D eigenvalue weighted by atomic mass is 19.1. The summed E-state index contributed by atoms with van der Waals surface area (Å²) in [4.78, 5) is 24.3. The van der Waals surface area contributed by atoms with Gasteiger partial charge in [-0.1, -0.05) is 28.8 Å². The molecule has 0 spiro atoms. The van der Waals surface area contributed by atoms with Crippen molar-refractivity contribution in [2.24, 2.45) is 0 Å². The molecule has 2 aromatic carbocycles. The fourth-order valence-corrected chi connectivity index (χ4v) is 6.47. The van der Waals surface area contributed by atoms with Crippen LogP contribution in [0, 0.1) is 5.82 Å². The van der Waals surface area contributed by atoms with Crippen molar-refractivity contribution in [1.29, 1.82) is 0 Å². The molecule has 1 unspecified atom stereocenters. The number of aromatic amines is 1. The first-order valence-corrected chi connectivity index (χ1v) is 13.6.